The summed E-state index contributed by atoms with van der Waals surface area (Å²) in [5.41, 5.74) is -0.315. The summed E-state index contributed by atoms with van der Waals surface area (Å²) in [5, 5.41) is 18.4. The molecule has 6 heteroatoms. The van der Waals surface area contributed by atoms with Gasteiger partial charge in [-0.15, -0.1) is 0 Å². The van der Waals surface area contributed by atoms with E-state index in [1.807, 2.05) is 6.07 Å². The van der Waals surface area contributed by atoms with Crippen LogP contribution in [0, 0.1) is 23.0 Å². The minimum atomic E-state index is -1.10. The van der Waals surface area contributed by atoms with Gasteiger partial charge in [-0.3, -0.25) is 0 Å². The topological polar surface area (TPSA) is 70.0 Å². The lowest BCUT2D eigenvalue weighted by Gasteiger charge is -2.20. The first-order valence-corrected chi connectivity index (χ1v) is 6.01. The van der Waals surface area contributed by atoms with E-state index in [4.69, 9.17) is 9.52 Å². The van der Waals surface area contributed by atoms with Crippen molar-refractivity contribution >= 4 is 0 Å². The fraction of sp³-hybridized carbons (Fsp3) is 0.286. The number of aliphatic hydroxyl groups is 1. The van der Waals surface area contributed by atoms with E-state index in [2.05, 4.69) is 4.98 Å². The van der Waals surface area contributed by atoms with Crippen molar-refractivity contribution in [3.05, 3.63) is 53.7 Å². The Kier molecular flexibility index (Phi) is 4.43. The molecule has 0 saturated carbocycles. The third-order valence-electron chi connectivity index (χ3n) is 3.11. The van der Waals surface area contributed by atoms with Crippen molar-refractivity contribution in [1.82, 2.24) is 4.98 Å². The van der Waals surface area contributed by atoms with E-state index in [1.54, 1.807) is 0 Å². The molecule has 0 aliphatic carbocycles. The summed E-state index contributed by atoms with van der Waals surface area (Å²) in [6.45, 7) is -0.236. The molecule has 2 rings (SSSR count). The Hall–Kier alpha value is -2.26. The second-order valence-electron chi connectivity index (χ2n) is 4.26. The SMILES string of the molecule is N#C[C@H](c1c(F)cccc1F)[C@@H](CCO)c1cnco1. The zero-order chi connectivity index (χ0) is 14.5. The highest BCUT2D eigenvalue weighted by Gasteiger charge is 2.31. The lowest BCUT2D eigenvalue weighted by molar-refractivity contribution is 0.261. The molecule has 0 fully saturated rings. The Morgan fingerprint density at radius 3 is 2.55 bits per heavy atom. The number of benzene rings is 1. The summed E-state index contributed by atoms with van der Waals surface area (Å²) < 4.78 is 32.8. The molecule has 4 nitrogen and oxygen atoms in total. The molecule has 0 radical (unpaired) electrons. The highest BCUT2D eigenvalue weighted by molar-refractivity contribution is 5.32. The summed E-state index contributed by atoms with van der Waals surface area (Å²) in [7, 11) is 0. The molecule has 104 valence electrons. The number of hydrogen-bond donors (Lipinski definition) is 1. The minimum absolute atomic E-state index is 0.140. The Morgan fingerprint density at radius 2 is 2.05 bits per heavy atom. The fourth-order valence-electron chi connectivity index (χ4n) is 2.18. The van der Waals surface area contributed by atoms with Gasteiger partial charge >= 0.3 is 0 Å². The first-order valence-electron chi connectivity index (χ1n) is 6.01. The molecule has 1 N–H and O–H groups in total. The normalized spacial score (nSPS) is 13.7. The Balaban J connectivity index is 2.47. The molecular formula is C14H12F2N2O2. The summed E-state index contributed by atoms with van der Waals surface area (Å²) in [6, 6.07) is 5.32. The van der Waals surface area contributed by atoms with Crippen LogP contribution in [0.3, 0.4) is 0 Å². The first-order chi connectivity index (χ1) is 9.69. The van der Waals surface area contributed by atoms with Crippen molar-refractivity contribution in [1.29, 1.82) is 5.26 Å². The maximum Gasteiger partial charge on any atom is 0.180 e. The molecule has 0 aliphatic rings. The van der Waals surface area contributed by atoms with Crippen molar-refractivity contribution in [3.63, 3.8) is 0 Å². The van der Waals surface area contributed by atoms with Gasteiger partial charge in [0.05, 0.1) is 18.2 Å². The Bertz CT molecular complexity index is 588. The molecule has 0 amide bonds. The quantitative estimate of drug-likeness (QED) is 0.912. The molecule has 20 heavy (non-hydrogen) atoms. The molecule has 2 aromatic rings. The van der Waals surface area contributed by atoms with Gasteiger partial charge < -0.3 is 9.52 Å². The summed E-state index contributed by atoms with van der Waals surface area (Å²) in [5.74, 6) is -3.04. The van der Waals surface area contributed by atoms with Gasteiger partial charge in [0.1, 0.15) is 17.4 Å². The van der Waals surface area contributed by atoms with Crippen molar-refractivity contribution in [2.24, 2.45) is 0 Å². The minimum Gasteiger partial charge on any atom is -0.448 e. The molecule has 0 saturated heterocycles. The van der Waals surface area contributed by atoms with Crippen LogP contribution < -0.4 is 0 Å². The largest absolute Gasteiger partial charge is 0.448 e. The highest BCUT2D eigenvalue weighted by Crippen LogP contribution is 2.37. The van der Waals surface area contributed by atoms with E-state index in [1.165, 1.54) is 18.7 Å². The number of hydrogen-bond acceptors (Lipinski definition) is 4. The van der Waals surface area contributed by atoms with Crippen molar-refractivity contribution in [2.45, 2.75) is 18.3 Å². The van der Waals surface area contributed by atoms with E-state index in [9.17, 15) is 14.0 Å². The average Bonchev–Trinajstić information content (AvgIpc) is 2.95. The number of rotatable bonds is 5. The van der Waals surface area contributed by atoms with Crippen LogP contribution in [0.4, 0.5) is 8.78 Å². The van der Waals surface area contributed by atoms with E-state index >= 15 is 0 Å². The zero-order valence-corrected chi connectivity index (χ0v) is 10.5. The summed E-state index contributed by atoms with van der Waals surface area (Å²) in [4.78, 5) is 3.74. The van der Waals surface area contributed by atoms with Gasteiger partial charge in [0.15, 0.2) is 6.39 Å². The zero-order valence-electron chi connectivity index (χ0n) is 10.5. The predicted octanol–water partition coefficient (Wildman–Crippen LogP) is 2.73. The first kappa shape index (κ1) is 14.2. The van der Waals surface area contributed by atoms with E-state index < -0.39 is 23.5 Å². The molecule has 1 heterocycles. The van der Waals surface area contributed by atoms with Crippen molar-refractivity contribution in [2.75, 3.05) is 6.61 Å². The summed E-state index contributed by atoms with van der Waals surface area (Å²) in [6.07, 6.45) is 2.69. The van der Waals surface area contributed by atoms with Crippen LogP contribution in [0.1, 0.15) is 29.6 Å². The third kappa shape index (κ3) is 2.68. The fourth-order valence-corrected chi connectivity index (χ4v) is 2.18. The number of oxazole rings is 1. The second-order valence-corrected chi connectivity index (χ2v) is 4.26. The lowest BCUT2D eigenvalue weighted by atomic mass is 9.83. The number of nitrogens with zero attached hydrogens (tertiary/aromatic N) is 2. The van der Waals surface area contributed by atoms with Gasteiger partial charge in [0, 0.05) is 18.1 Å². The number of nitriles is 1. The smallest absolute Gasteiger partial charge is 0.180 e. The van der Waals surface area contributed by atoms with E-state index in [-0.39, 0.29) is 18.6 Å². The molecule has 2 atom stereocenters. The molecule has 0 spiro atoms. The van der Waals surface area contributed by atoms with Crippen LogP contribution in [-0.4, -0.2) is 16.7 Å². The number of aliphatic hydroxyl groups excluding tert-OH is 1. The number of halogens is 2. The highest BCUT2D eigenvalue weighted by atomic mass is 19.1. The Labute approximate surface area is 114 Å². The van der Waals surface area contributed by atoms with Gasteiger partial charge in [-0.1, -0.05) is 6.07 Å². The number of aromatic nitrogens is 1. The van der Waals surface area contributed by atoms with Gasteiger partial charge in [-0.25, -0.2) is 13.8 Å². The van der Waals surface area contributed by atoms with Crippen LogP contribution in [0.15, 0.2) is 35.2 Å². The van der Waals surface area contributed by atoms with Gasteiger partial charge in [0.25, 0.3) is 0 Å². The van der Waals surface area contributed by atoms with Crippen LogP contribution >= 0.6 is 0 Å². The maximum atomic E-state index is 13.8. The van der Waals surface area contributed by atoms with Crippen LogP contribution in [0.5, 0.6) is 0 Å². The third-order valence-corrected chi connectivity index (χ3v) is 3.11. The molecule has 1 aromatic carbocycles. The van der Waals surface area contributed by atoms with E-state index in [0.29, 0.717) is 5.76 Å². The van der Waals surface area contributed by atoms with Gasteiger partial charge in [-0.05, 0) is 18.6 Å². The molecule has 0 aliphatic heterocycles. The van der Waals surface area contributed by atoms with Gasteiger partial charge in [0.2, 0.25) is 0 Å². The molecule has 0 bridgehead atoms. The molecule has 0 unspecified atom stereocenters. The molecule has 1 aromatic heterocycles. The van der Waals surface area contributed by atoms with Crippen LogP contribution in [-0.2, 0) is 0 Å². The van der Waals surface area contributed by atoms with Gasteiger partial charge in [-0.2, -0.15) is 5.26 Å². The second kappa shape index (κ2) is 6.26. The maximum absolute atomic E-state index is 13.8. The van der Waals surface area contributed by atoms with Crippen molar-refractivity contribution < 1.29 is 18.3 Å². The lowest BCUT2D eigenvalue weighted by Crippen LogP contribution is -2.14. The standard InChI is InChI=1S/C14H12F2N2O2/c15-11-2-1-3-12(16)14(11)10(6-17)9(4-5-19)13-7-18-8-20-13/h1-3,7-10,19H,4-5H2/t9-,10+/m1/s1. The van der Waals surface area contributed by atoms with E-state index in [0.717, 1.165) is 12.1 Å². The average molecular weight is 278 g/mol. The molecular weight excluding hydrogens is 266 g/mol. The Morgan fingerprint density at radius 1 is 1.35 bits per heavy atom. The van der Waals surface area contributed by atoms with Crippen LogP contribution in [0.25, 0.3) is 0 Å². The van der Waals surface area contributed by atoms with Crippen LogP contribution in [0.2, 0.25) is 0 Å². The monoisotopic (exact) mass is 278 g/mol. The summed E-state index contributed by atoms with van der Waals surface area (Å²) >= 11 is 0. The predicted molar refractivity (Wildman–Crippen MR) is 65.7 cm³/mol. The van der Waals surface area contributed by atoms with Crippen molar-refractivity contribution in [3.8, 4) is 6.07 Å².